The Bertz CT molecular complexity index is 264. The van der Waals surface area contributed by atoms with Gasteiger partial charge in [-0.25, -0.2) is 0 Å². The second-order valence-corrected chi connectivity index (χ2v) is 3.47. The number of nitrogens with two attached hydrogens (primary N) is 1. The maximum atomic E-state index is 5.45. The van der Waals surface area contributed by atoms with Gasteiger partial charge in [-0.15, -0.1) is 0 Å². The molecule has 0 aromatic carbocycles. The molecule has 0 fully saturated rings. The summed E-state index contributed by atoms with van der Waals surface area (Å²) in [5.74, 6) is 0. The van der Waals surface area contributed by atoms with Crippen LogP contribution in [0.5, 0.6) is 0 Å². The molecular formula is C12H21N3. The Hall–Kier alpha value is -1.35. The van der Waals surface area contributed by atoms with Crippen molar-refractivity contribution < 1.29 is 0 Å². The van der Waals surface area contributed by atoms with Gasteiger partial charge in [0.15, 0.2) is 0 Å². The largest absolute Gasteiger partial charge is 0.387 e. The summed E-state index contributed by atoms with van der Waals surface area (Å²) in [7, 11) is 0. The van der Waals surface area contributed by atoms with Crippen molar-refractivity contribution in [3.05, 3.63) is 36.7 Å². The fourth-order valence-corrected chi connectivity index (χ4v) is 0.958. The third kappa shape index (κ3) is 6.69. The van der Waals surface area contributed by atoms with Crippen molar-refractivity contribution in [2.75, 3.05) is 6.54 Å². The first-order valence-electron chi connectivity index (χ1n) is 5.09. The van der Waals surface area contributed by atoms with E-state index >= 15 is 0 Å². The third-order valence-corrected chi connectivity index (χ3v) is 1.86. The Balaban J connectivity index is 4.35. The molecule has 0 bridgehead atoms. The quantitative estimate of drug-likeness (QED) is 0.495. The lowest BCUT2D eigenvalue weighted by Crippen LogP contribution is -2.24. The van der Waals surface area contributed by atoms with Gasteiger partial charge in [0, 0.05) is 18.5 Å². The van der Waals surface area contributed by atoms with Crippen LogP contribution in [0.15, 0.2) is 41.7 Å². The minimum absolute atomic E-state index is 0.350. The lowest BCUT2D eigenvalue weighted by atomic mass is 10.2. The number of nitrogens with zero attached hydrogens (tertiary/aromatic N) is 1. The molecule has 0 aliphatic heterocycles. The second-order valence-electron chi connectivity index (χ2n) is 3.47. The molecule has 0 heterocycles. The van der Waals surface area contributed by atoms with E-state index in [9.17, 15) is 0 Å². The SMILES string of the molecule is C=CC=N/C(=C\NC(C)CCN)C(=C)C. The molecule has 0 aliphatic rings. The lowest BCUT2D eigenvalue weighted by molar-refractivity contribution is 0.593. The Morgan fingerprint density at radius 3 is 2.73 bits per heavy atom. The van der Waals surface area contributed by atoms with E-state index in [1.807, 2.05) is 13.1 Å². The summed E-state index contributed by atoms with van der Waals surface area (Å²) in [6.07, 6.45) is 6.09. The Kier molecular flexibility index (Phi) is 7.28. The minimum atomic E-state index is 0.350. The molecule has 1 atom stereocenters. The van der Waals surface area contributed by atoms with Crippen LogP contribution in [-0.2, 0) is 0 Å². The monoisotopic (exact) mass is 207 g/mol. The second kappa shape index (κ2) is 8.00. The van der Waals surface area contributed by atoms with Gasteiger partial charge in [-0.3, -0.25) is 4.99 Å². The maximum Gasteiger partial charge on any atom is 0.0809 e. The van der Waals surface area contributed by atoms with E-state index < -0.39 is 0 Å². The molecule has 0 aromatic heterocycles. The summed E-state index contributed by atoms with van der Waals surface area (Å²) >= 11 is 0. The van der Waals surface area contributed by atoms with Crippen LogP contribution in [0.2, 0.25) is 0 Å². The summed E-state index contributed by atoms with van der Waals surface area (Å²) in [5, 5.41) is 3.22. The van der Waals surface area contributed by atoms with Crippen LogP contribution >= 0.6 is 0 Å². The molecule has 0 radical (unpaired) electrons. The van der Waals surface area contributed by atoms with Crippen molar-refractivity contribution in [1.82, 2.24) is 5.32 Å². The van der Waals surface area contributed by atoms with E-state index in [4.69, 9.17) is 5.73 Å². The Morgan fingerprint density at radius 2 is 2.27 bits per heavy atom. The fraction of sp³-hybridized carbons (Fsp3) is 0.417. The van der Waals surface area contributed by atoms with E-state index in [0.29, 0.717) is 12.6 Å². The molecule has 0 saturated carbocycles. The predicted molar refractivity (Wildman–Crippen MR) is 67.9 cm³/mol. The lowest BCUT2D eigenvalue weighted by Gasteiger charge is -2.11. The van der Waals surface area contributed by atoms with Gasteiger partial charge in [0.25, 0.3) is 0 Å². The van der Waals surface area contributed by atoms with Crippen LogP contribution in [0.25, 0.3) is 0 Å². The molecule has 1 unspecified atom stereocenters. The van der Waals surface area contributed by atoms with Crippen molar-refractivity contribution in [2.45, 2.75) is 26.3 Å². The standard InChI is InChI=1S/C12H21N3/c1-5-8-14-12(10(2)3)9-15-11(4)6-7-13/h5,8-9,11,15H,1-2,6-7,13H2,3-4H3/b12-9-,14-8?. The molecule has 15 heavy (non-hydrogen) atoms. The van der Waals surface area contributed by atoms with Gasteiger partial charge in [-0.05, 0) is 32.4 Å². The minimum Gasteiger partial charge on any atom is -0.387 e. The van der Waals surface area contributed by atoms with Crippen LogP contribution in [0.4, 0.5) is 0 Å². The normalized spacial score (nSPS) is 13.9. The van der Waals surface area contributed by atoms with E-state index in [1.165, 1.54) is 0 Å². The van der Waals surface area contributed by atoms with Crippen LogP contribution in [0.3, 0.4) is 0 Å². The maximum absolute atomic E-state index is 5.45. The van der Waals surface area contributed by atoms with Crippen molar-refractivity contribution in [3.63, 3.8) is 0 Å². The first-order chi connectivity index (χ1) is 7.11. The van der Waals surface area contributed by atoms with Gasteiger partial charge in [0.2, 0.25) is 0 Å². The molecule has 0 aromatic rings. The molecule has 0 amide bonds. The number of allylic oxidation sites excluding steroid dienone is 2. The average Bonchev–Trinajstić information content (AvgIpc) is 2.17. The highest BCUT2D eigenvalue weighted by Crippen LogP contribution is 2.06. The first-order valence-corrected chi connectivity index (χ1v) is 5.09. The summed E-state index contributed by atoms with van der Waals surface area (Å²) in [6.45, 7) is 12.1. The summed E-state index contributed by atoms with van der Waals surface area (Å²) in [6, 6.07) is 0.350. The van der Waals surface area contributed by atoms with Crippen LogP contribution in [0, 0.1) is 0 Å². The number of hydrogen-bond donors (Lipinski definition) is 2. The molecule has 0 saturated heterocycles. The van der Waals surface area contributed by atoms with Crippen LogP contribution in [0.1, 0.15) is 20.3 Å². The molecule has 3 heteroatoms. The van der Waals surface area contributed by atoms with Gasteiger partial charge in [0.05, 0.1) is 5.70 Å². The first kappa shape index (κ1) is 13.7. The van der Waals surface area contributed by atoms with E-state index in [1.54, 1.807) is 12.3 Å². The van der Waals surface area contributed by atoms with Crippen molar-refractivity contribution in [3.8, 4) is 0 Å². The van der Waals surface area contributed by atoms with Gasteiger partial charge >= 0.3 is 0 Å². The van der Waals surface area contributed by atoms with E-state index in [2.05, 4.69) is 30.4 Å². The highest BCUT2D eigenvalue weighted by Gasteiger charge is 1.98. The topological polar surface area (TPSA) is 50.4 Å². The predicted octanol–water partition coefficient (Wildman–Crippen LogP) is 1.99. The Morgan fingerprint density at radius 1 is 1.60 bits per heavy atom. The fourth-order valence-electron chi connectivity index (χ4n) is 0.958. The van der Waals surface area contributed by atoms with Crippen molar-refractivity contribution >= 4 is 6.21 Å². The number of aliphatic imine (C=N–C) groups is 1. The molecule has 3 nitrogen and oxygen atoms in total. The smallest absolute Gasteiger partial charge is 0.0809 e. The summed E-state index contributed by atoms with van der Waals surface area (Å²) in [4.78, 5) is 4.20. The van der Waals surface area contributed by atoms with Crippen LogP contribution < -0.4 is 11.1 Å². The number of rotatable bonds is 7. The van der Waals surface area contributed by atoms with Crippen LogP contribution in [-0.4, -0.2) is 18.8 Å². The Labute approximate surface area is 92.5 Å². The van der Waals surface area contributed by atoms with Gasteiger partial charge < -0.3 is 11.1 Å². The van der Waals surface area contributed by atoms with Crippen molar-refractivity contribution in [2.24, 2.45) is 10.7 Å². The number of nitrogens with one attached hydrogen (secondary N) is 1. The zero-order valence-electron chi connectivity index (χ0n) is 9.66. The highest BCUT2D eigenvalue weighted by molar-refractivity contribution is 5.71. The molecule has 3 N–H and O–H groups in total. The van der Waals surface area contributed by atoms with E-state index in [-0.39, 0.29) is 0 Å². The average molecular weight is 207 g/mol. The zero-order chi connectivity index (χ0) is 11.7. The zero-order valence-corrected chi connectivity index (χ0v) is 9.66. The molecular weight excluding hydrogens is 186 g/mol. The van der Waals surface area contributed by atoms with Gasteiger partial charge in [-0.2, -0.15) is 0 Å². The molecule has 0 aliphatic carbocycles. The van der Waals surface area contributed by atoms with Gasteiger partial charge in [0.1, 0.15) is 0 Å². The highest BCUT2D eigenvalue weighted by atomic mass is 14.9. The van der Waals surface area contributed by atoms with Crippen molar-refractivity contribution in [1.29, 1.82) is 0 Å². The van der Waals surface area contributed by atoms with E-state index in [0.717, 1.165) is 17.7 Å². The summed E-state index contributed by atoms with van der Waals surface area (Å²) in [5.41, 5.74) is 7.20. The number of hydrogen-bond acceptors (Lipinski definition) is 3. The summed E-state index contributed by atoms with van der Waals surface area (Å²) < 4.78 is 0. The third-order valence-electron chi connectivity index (χ3n) is 1.86. The molecule has 0 spiro atoms. The van der Waals surface area contributed by atoms with Gasteiger partial charge in [-0.1, -0.05) is 19.2 Å². The molecule has 0 rings (SSSR count). The molecule has 84 valence electrons.